The van der Waals surface area contributed by atoms with E-state index in [1.165, 1.54) is 6.92 Å². The zero-order valence-electron chi connectivity index (χ0n) is 9.62. The summed E-state index contributed by atoms with van der Waals surface area (Å²) in [4.78, 5) is 10.8. The van der Waals surface area contributed by atoms with E-state index in [0.717, 1.165) is 12.8 Å². The van der Waals surface area contributed by atoms with Gasteiger partial charge in [-0.2, -0.15) is 0 Å². The van der Waals surface area contributed by atoms with Crippen LogP contribution in [0.3, 0.4) is 0 Å². The van der Waals surface area contributed by atoms with Gasteiger partial charge in [-0.1, -0.05) is 20.8 Å². The van der Waals surface area contributed by atoms with Crippen LogP contribution < -0.4 is 0 Å². The number of carbonyl (C=O) groups is 1. The van der Waals surface area contributed by atoms with Crippen molar-refractivity contribution >= 4 is 5.97 Å². The Kier molecular flexibility index (Phi) is 6.54. The zero-order chi connectivity index (χ0) is 11.1. The van der Waals surface area contributed by atoms with Crippen LogP contribution in [0.25, 0.3) is 0 Å². The van der Waals surface area contributed by atoms with Crippen LogP contribution in [0.4, 0.5) is 0 Å². The first-order valence-corrected chi connectivity index (χ1v) is 5.29. The van der Waals surface area contributed by atoms with Crippen LogP contribution >= 0.6 is 0 Å². The molecule has 0 amide bonds. The summed E-state index contributed by atoms with van der Waals surface area (Å²) in [5.41, 5.74) is 0. The normalized spacial score (nSPS) is 17.2. The summed E-state index contributed by atoms with van der Waals surface area (Å²) in [6.45, 7) is 7.69. The molecular weight excluding hydrogens is 180 g/mol. The molecule has 0 saturated heterocycles. The molecular formula is C11H22O3. The van der Waals surface area contributed by atoms with E-state index in [1.54, 1.807) is 0 Å². The lowest BCUT2D eigenvalue weighted by molar-refractivity contribution is -0.149. The first-order chi connectivity index (χ1) is 6.51. The third-order valence-electron chi connectivity index (χ3n) is 2.44. The zero-order valence-corrected chi connectivity index (χ0v) is 9.62. The molecule has 0 saturated carbocycles. The molecule has 0 unspecified atom stereocenters. The van der Waals surface area contributed by atoms with Gasteiger partial charge in [0.1, 0.15) is 6.10 Å². The number of aliphatic hydroxyl groups is 1. The SMILES string of the molecule is CC[C@H](OC(C)=O)[C@@H](C)C[C@H](C)CO. The number of aliphatic hydroxyl groups excluding tert-OH is 1. The second-order valence-corrected chi connectivity index (χ2v) is 4.06. The van der Waals surface area contributed by atoms with Crippen LogP contribution in [0.5, 0.6) is 0 Å². The highest BCUT2D eigenvalue weighted by Gasteiger charge is 2.20. The molecule has 0 aliphatic heterocycles. The van der Waals surface area contributed by atoms with Gasteiger partial charge in [-0.15, -0.1) is 0 Å². The van der Waals surface area contributed by atoms with Gasteiger partial charge in [-0.25, -0.2) is 0 Å². The molecule has 0 aliphatic rings. The summed E-state index contributed by atoms with van der Waals surface area (Å²) in [5.74, 6) is 0.362. The fourth-order valence-electron chi connectivity index (χ4n) is 1.68. The van der Waals surface area contributed by atoms with E-state index in [4.69, 9.17) is 9.84 Å². The van der Waals surface area contributed by atoms with Crippen LogP contribution in [0.1, 0.15) is 40.5 Å². The van der Waals surface area contributed by atoms with E-state index in [1.807, 2.05) is 13.8 Å². The standard InChI is InChI=1S/C11H22O3/c1-5-11(14-10(4)13)9(3)6-8(2)7-12/h8-9,11-12H,5-7H2,1-4H3/t8-,9-,11-/m0/s1. The minimum Gasteiger partial charge on any atom is -0.462 e. The lowest BCUT2D eigenvalue weighted by Crippen LogP contribution is -2.25. The Bertz CT molecular complexity index is 168. The third-order valence-corrected chi connectivity index (χ3v) is 2.44. The van der Waals surface area contributed by atoms with E-state index >= 15 is 0 Å². The van der Waals surface area contributed by atoms with Crippen LogP contribution in [-0.4, -0.2) is 23.8 Å². The highest BCUT2D eigenvalue weighted by molar-refractivity contribution is 5.66. The van der Waals surface area contributed by atoms with Gasteiger partial charge in [0.15, 0.2) is 0 Å². The Morgan fingerprint density at radius 1 is 1.43 bits per heavy atom. The first kappa shape index (κ1) is 13.4. The average molecular weight is 202 g/mol. The van der Waals surface area contributed by atoms with Crippen molar-refractivity contribution in [1.29, 1.82) is 0 Å². The molecule has 3 nitrogen and oxygen atoms in total. The molecule has 0 aromatic rings. The molecule has 0 aliphatic carbocycles. The molecule has 3 atom stereocenters. The van der Waals surface area contributed by atoms with Crippen molar-refractivity contribution in [3.8, 4) is 0 Å². The average Bonchev–Trinajstić information content (AvgIpc) is 2.13. The molecule has 3 heteroatoms. The van der Waals surface area contributed by atoms with E-state index in [0.29, 0.717) is 5.92 Å². The summed E-state index contributed by atoms with van der Waals surface area (Å²) in [6.07, 6.45) is 1.71. The second-order valence-electron chi connectivity index (χ2n) is 4.06. The summed E-state index contributed by atoms with van der Waals surface area (Å²) < 4.78 is 5.19. The molecule has 0 heterocycles. The van der Waals surface area contributed by atoms with Crippen molar-refractivity contribution in [3.05, 3.63) is 0 Å². The Hall–Kier alpha value is -0.570. The van der Waals surface area contributed by atoms with Crippen molar-refractivity contribution in [2.24, 2.45) is 11.8 Å². The van der Waals surface area contributed by atoms with E-state index < -0.39 is 0 Å². The molecule has 0 bridgehead atoms. The quantitative estimate of drug-likeness (QED) is 0.670. The van der Waals surface area contributed by atoms with Gasteiger partial charge in [0.25, 0.3) is 0 Å². The number of ether oxygens (including phenoxy) is 1. The maximum Gasteiger partial charge on any atom is 0.302 e. The molecule has 0 rings (SSSR count). The molecule has 0 fully saturated rings. The van der Waals surface area contributed by atoms with Crippen molar-refractivity contribution in [2.75, 3.05) is 6.61 Å². The third kappa shape index (κ3) is 5.22. The smallest absolute Gasteiger partial charge is 0.302 e. The van der Waals surface area contributed by atoms with E-state index in [-0.39, 0.29) is 24.6 Å². The fraction of sp³-hybridized carbons (Fsp3) is 0.909. The van der Waals surface area contributed by atoms with Crippen LogP contribution in [-0.2, 0) is 9.53 Å². The molecule has 0 radical (unpaired) electrons. The van der Waals surface area contributed by atoms with Gasteiger partial charge in [-0.3, -0.25) is 4.79 Å². The summed E-state index contributed by atoms with van der Waals surface area (Å²) in [7, 11) is 0. The number of esters is 1. The molecule has 0 spiro atoms. The van der Waals surface area contributed by atoms with Crippen molar-refractivity contribution < 1.29 is 14.6 Å². The largest absolute Gasteiger partial charge is 0.462 e. The van der Waals surface area contributed by atoms with Gasteiger partial charge >= 0.3 is 5.97 Å². The highest BCUT2D eigenvalue weighted by atomic mass is 16.5. The van der Waals surface area contributed by atoms with Crippen LogP contribution in [0.2, 0.25) is 0 Å². The fourth-order valence-corrected chi connectivity index (χ4v) is 1.68. The Labute approximate surface area is 86.5 Å². The van der Waals surface area contributed by atoms with Crippen molar-refractivity contribution in [3.63, 3.8) is 0 Å². The first-order valence-electron chi connectivity index (χ1n) is 5.29. The Morgan fingerprint density at radius 2 is 2.00 bits per heavy atom. The monoisotopic (exact) mass is 202 g/mol. The van der Waals surface area contributed by atoms with Gasteiger partial charge in [0.05, 0.1) is 0 Å². The predicted molar refractivity (Wildman–Crippen MR) is 55.9 cm³/mol. The maximum absolute atomic E-state index is 10.8. The van der Waals surface area contributed by atoms with Gasteiger partial charge < -0.3 is 9.84 Å². The number of hydrogen-bond acceptors (Lipinski definition) is 3. The maximum atomic E-state index is 10.8. The Balaban J connectivity index is 4.03. The molecule has 84 valence electrons. The van der Waals surface area contributed by atoms with Gasteiger partial charge in [0.2, 0.25) is 0 Å². The number of hydrogen-bond donors (Lipinski definition) is 1. The minimum absolute atomic E-state index is 0.0125. The number of carbonyl (C=O) groups excluding carboxylic acids is 1. The second kappa shape index (κ2) is 6.82. The van der Waals surface area contributed by atoms with Crippen LogP contribution in [0, 0.1) is 11.8 Å². The molecule has 0 aromatic carbocycles. The van der Waals surface area contributed by atoms with Crippen molar-refractivity contribution in [2.45, 2.75) is 46.6 Å². The predicted octanol–water partition coefficient (Wildman–Crippen LogP) is 1.98. The lowest BCUT2D eigenvalue weighted by Gasteiger charge is -2.24. The summed E-state index contributed by atoms with van der Waals surface area (Å²) in [6, 6.07) is 0. The van der Waals surface area contributed by atoms with E-state index in [2.05, 4.69) is 6.92 Å². The summed E-state index contributed by atoms with van der Waals surface area (Å²) >= 11 is 0. The van der Waals surface area contributed by atoms with Gasteiger partial charge in [-0.05, 0) is 24.7 Å². The number of rotatable bonds is 6. The van der Waals surface area contributed by atoms with E-state index in [9.17, 15) is 4.79 Å². The molecule has 14 heavy (non-hydrogen) atoms. The van der Waals surface area contributed by atoms with Crippen LogP contribution in [0.15, 0.2) is 0 Å². The molecule has 0 aromatic heterocycles. The lowest BCUT2D eigenvalue weighted by atomic mass is 9.92. The molecule has 1 N–H and O–H groups in total. The van der Waals surface area contributed by atoms with Crippen molar-refractivity contribution in [1.82, 2.24) is 0 Å². The topological polar surface area (TPSA) is 46.5 Å². The minimum atomic E-state index is -0.222. The van der Waals surface area contributed by atoms with Gasteiger partial charge in [0, 0.05) is 13.5 Å². The Morgan fingerprint density at radius 3 is 2.36 bits per heavy atom. The summed E-state index contributed by atoms with van der Waals surface area (Å²) in [5, 5.41) is 8.91. The highest BCUT2D eigenvalue weighted by Crippen LogP contribution is 2.19.